The maximum Gasteiger partial charge on any atom is 0.407 e. The van der Waals surface area contributed by atoms with E-state index in [9.17, 15) is 9.59 Å². The second-order valence-electron chi connectivity index (χ2n) is 7.16. The summed E-state index contributed by atoms with van der Waals surface area (Å²) in [5, 5.41) is 2.36. The van der Waals surface area contributed by atoms with Crippen molar-refractivity contribution < 1.29 is 47.5 Å². The number of carbonyl (C=O) groups excluding carboxylic acids is 2. The largest absolute Gasteiger partial charge is 0.445 e. The van der Waals surface area contributed by atoms with Gasteiger partial charge >= 0.3 is 12.1 Å². The van der Waals surface area contributed by atoms with E-state index in [0.29, 0.717) is 85.0 Å². The van der Waals surface area contributed by atoms with Crippen LogP contribution in [0.2, 0.25) is 0 Å². The van der Waals surface area contributed by atoms with Crippen molar-refractivity contribution in [3.63, 3.8) is 0 Å². The summed E-state index contributed by atoms with van der Waals surface area (Å²) in [5.41, 5.74) is 6.09. The number of nitrogens with one attached hydrogen (secondary N) is 1. The van der Waals surface area contributed by atoms with Gasteiger partial charge in [0.15, 0.2) is 0 Å². The molecule has 0 aromatic heterocycles. The Hall–Kier alpha value is -2.32. The molecule has 0 radical (unpaired) electrons. The average molecular weight is 517 g/mol. The van der Waals surface area contributed by atoms with Gasteiger partial charge in [0, 0.05) is 13.6 Å². The van der Waals surface area contributed by atoms with Crippen LogP contribution in [-0.2, 0) is 44.6 Å². The summed E-state index contributed by atoms with van der Waals surface area (Å²) in [7, 11) is 1.49. The number of benzene rings is 1. The maximum atomic E-state index is 11.9. The average Bonchev–Trinajstić information content (AvgIpc) is 2.89. The highest BCUT2D eigenvalue weighted by molar-refractivity contribution is 5.72. The molecule has 36 heavy (non-hydrogen) atoms. The van der Waals surface area contributed by atoms with Crippen molar-refractivity contribution in [2.45, 2.75) is 13.0 Å². The number of nitrogens with two attached hydrogens (primary N) is 1. The molecule has 0 spiro atoms. The molecule has 1 rings (SSSR count). The topological polar surface area (TPSA) is 146 Å². The molecule has 3 N–H and O–H groups in total. The highest BCUT2D eigenvalue weighted by atomic mass is 16.6. The van der Waals surface area contributed by atoms with Gasteiger partial charge in [-0.25, -0.2) is 4.79 Å². The fourth-order valence-corrected chi connectivity index (χ4v) is 2.50. The van der Waals surface area contributed by atoms with E-state index in [-0.39, 0.29) is 19.6 Å². The fourth-order valence-electron chi connectivity index (χ4n) is 2.50. The van der Waals surface area contributed by atoms with Crippen LogP contribution >= 0.6 is 0 Å². The summed E-state index contributed by atoms with van der Waals surface area (Å²) in [4.78, 5) is 22.9. The van der Waals surface area contributed by atoms with E-state index in [1.54, 1.807) is 24.3 Å². The Morgan fingerprint density at radius 3 is 1.58 bits per heavy atom. The number of alkyl carbamates (subject to hydrolysis) is 1. The zero-order chi connectivity index (χ0) is 26.1. The van der Waals surface area contributed by atoms with Crippen molar-refractivity contribution in [3.8, 4) is 5.75 Å². The summed E-state index contributed by atoms with van der Waals surface area (Å²) in [6.45, 7) is 6.15. The molecule has 0 bridgehead atoms. The molecule has 0 unspecified atom stereocenters. The molecule has 0 aliphatic carbocycles. The molecule has 12 heteroatoms. The van der Waals surface area contributed by atoms with Crippen LogP contribution in [0.15, 0.2) is 24.3 Å². The van der Waals surface area contributed by atoms with Crippen LogP contribution in [0.4, 0.5) is 4.79 Å². The Bertz CT molecular complexity index is 675. The molecule has 0 atom stereocenters. The molecular weight excluding hydrogens is 476 g/mol. The summed E-state index contributed by atoms with van der Waals surface area (Å²) in [6.07, 6.45) is -0.387. The Morgan fingerprint density at radius 2 is 1.14 bits per heavy atom. The van der Waals surface area contributed by atoms with Crippen molar-refractivity contribution in [1.29, 1.82) is 0 Å². The first-order valence-corrected chi connectivity index (χ1v) is 12.0. The first-order chi connectivity index (χ1) is 17.7. The third-order valence-corrected chi connectivity index (χ3v) is 4.30. The number of rotatable bonds is 23. The predicted octanol–water partition coefficient (Wildman–Crippen LogP) is 0.896. The molecule has 0 saturated heterocycles. The van der Waals surface area contributed by atoms with Gasteiger partial charge in [0.25, 0.3) is 0 Å². The third-order valence-electron chi connectivity index (χ3n) is 4.30. The summed E-state index contributed by atoms with van der Waals surface area (Å²) in [5.74, 6) is 0.0129. The van der Waals surface area contributed by atoms with E-state index >= 15 is 0 Å². The van der Waals surface area contributed by atoms with E-state index in [4.69, 9.17) is 43.6 Å². The lowest BCUT2D eigenvalue weighted by molar-refractivity contribution is -0.135. The first-order valence-electron chi connectivity index (χ1n) is 12.0. The number of carbonyl (C=O) groups is 2. The van der Waals surface area contributed by atoms with E-state index in [0.717, 1.165) is 5.56 Å². The van der Waals surface area contributed by atoms with Crippen molar-refractivity contribution >= 4 is 12.1 Å². The third kappa shape index (κ3) is 18.9. The molecule has 12 nitrogen and oxygen atoms in total. The molecular formula is C24H40N2O10. The van der Waals surface area contributed by atoms with Gasteiger partial charge in [-0.1, -0.05) is 12.1 Å². The highest BCUT2D eigenvalue weighted by Crippen LogP contribution is 2.13. The smallest absolute Gasteiger partial charge is 0.407 e. The van der Waals surface area contributed by atoms with Crippen LogP contribution in [-0.4, -0.2) is 105 Å². The summed E-state index contributed by atoms with van der Waals surface area (Å²) >= 11 is 0. The maximum absolute atomic E-state index is 11.9. The summed E-state index contributed by atoms with van der Waals surface area (Å²) < 4.78 is 42.3. The number of hydrogen-bond acceptors (Lipinski definition) is 11. The predicted molar refractivity (Wildman–Crippen MR) is 130 cm³/mol. The number of amides is 1. The van der Waals surface area contributed by atoms with Crippen LogP contribution in [0.1, 0.15) is 12.0 Å². The lowest BCUT2D eigenvalue weighted by atomic mass is 10.2. The Balaban J connectivity index is 1.85. The molecule has 0 fully saturated rings. The lowest BCUT2D eigenvalue weighted by Gasteiger charge is -2.08. The van der Waals surface area contributed by atoms with Crippen molar-refractivity contribution in [2.75, 3.05) is 92.9 Å². The van der Waals surface area contributed by atoms with Gasteiger partial charge < -0.3 is 48.9 Å². The van der Waals surface area contributed by atoms with Gasteiger partial charge in [-0.15, -0.1) is 0 Å². The monoisotopic (exact) mass is 516 g/mol. The molecule has 0 aliphatic heterocycles. The lowest BCUT2D eigenvalue weighted by Crippen LogP contribution is -2.18. The first kappa shape index (κ1) is 31.7. The Morgan fingerprint density at radius 1 is 0.694 bits per heavy atom. The number of ether oxygens (including phenoxy) is 8. The SMILES string of the molecule is CNC(=O)OCc1ccc(OC(=O)CCOCCOCCOCCOCCOCCOCCN)cc1. The standard InChI is InChI=1S/C24H40N2O10/c1-26-24(28)35-20-21-2-4-22(5-3-21)36-23(27)6-8-29-10-12-31-14-16-33-18-19-34-17-15-32-13-11-30-9-7-25/h2-5H,6-20,25H2,1H3,(H,26,28). The Kier molecular flexibility index (Phi) is 20.3. The van der Waals surface area contributed by atoms with Crippen LogP contribution in [0.25, 0.3) is 0 Å². The minimum Gasteiger partial charge on any atom is -0.445 e. The zero-order valence-electron chi connectivity index (χ0n) is 21.1. The number of esters is 1. The second-order valence-corrected chi connectivity index (χ2v) is 7.16. The minimum absolute atomic E-state index is 0.123. The summed E-state index contributed by atoms with van der Waals surface area (Å²) in [6, 6.07) is 6.72. The molecule has 1 aromatic rings. The second kappa shape index (κ2) is 23.1. The van der Waals surface area contributed by atoms with E-state index < -0.39 is 12.1 Å². The van der Waals surface area contributed by atoms with Crippen molar-refractivity contribution in [2.24, 2.45) is 5.73 Å². The minimum atomic E-state index is -0.509. The molecule has 1 aromatic carbocycles. The van der Waals surface area contributed by atoms with Gasteiger partial charge in [-0.05, 0) is 17.7 Å². The highest BCUT2D eigenvalue weighted by Gasteiger charge is 2.06. The zero-order valence-corrected chi connectivity index (χ0v) is 21.1. The molecule has 0 aliphatic rings. The molecule has 1 amide bonds. The van der Waals surface area contributed by atoms with Crippen LogP contribution in [0.3, 0.4) is 0 Å². The van der Waals surface area contributed by atoms with Gasteiger partial charge in [0.1, 0.15) is 12.4 Å². The van der Waals surface area contributed by atoms with Gasteiger partial charge in [-0.2, -0.15) is 0 Å². The van der Waals surface area contributed by atoms with Crippen molar-refractivity contribution in [3.05, 3.63) is 29.8 Å². The fraction of sp³-hybridized carbons (Fsp3) is 0.667. The van der Waals surface area contributed by atoms with E-state index in [2.05, 4.69) is 5.32 Å². The van der Waals surface area contributed by atoms with Gasteiger partial charge in [0.2, 0.25) is 0 Å². The van der Waals surface area contributed by atoms with Gasteiger partial charge in [-0.3, -0.25) is 4.79 Å². The Labute approximate surface area is 212 Å². The van der Waals surface area contributed by atoms with Crippen LogP contribution in [0, 0.1) is 0 Å². The normalized spacial score (nSPS) is 10.8. The quantitative estimate of drug-likeness (QED) is 0.121. The number of hydrogen-bond donors (Lipinski definition) is 2. The van der Waals surface area contributed by atoms with Crippen molar-refractivity contribution in [1.82, 2.24) is 5.32 Å². The molecule has 0 heterocycles. The van der Waals surface area contributed by atoms with Gasteiger partial charge in [0.05, 0.1) is 85.7 Å². The van der Waals surface area contributed by atoms with Crippen LogP contribution < -0.4 is 15.8 Å². The molecule has 0 saturated carbocycles. The van der Waals surface area contributed by atoms with E-state index in [1.807, 2.05) is 0 Å². The molecule has 206 valence electrons. The van der Waals surface area contributed by atoms with E-state index in [1.165, 1.54) is 7.05 Å². The van der Waals surface area contributed by atoms with Crippen LogP contribution in [0.5, 0.6) is 5.75 Å².